The summed E-state index contributed by atoms with van der Waals surface area (Å²) in [4.78, 5) is 40.4. The molecule has 0 bridgehead atoms. The van der Waals surface area contributed by atoms with Gasteiger partial charge in [0.15, 0.2) is 0 Å². The molecule has 1 heterocycles. The van der Waals surface area contributed by atoms with E-state index in [1.54, 1.807) is 34.1 Å². The Hall–Kier alpha value is -2.57. The molecular weight excluding hydrogens is 334 g/mol. The monoisotopic (exact) mass is 359 g/mol. The standard InChI is InChI=1S/C19H25N3O4/c1-3-26-16-6-4-15(5-7-16)20-17(24)19(8-9-19)18(25)22-12-10-21(11-13-22)14(2)23/h4-7H,3,8-13H2,1-2H3,(H,20,24). The summed E-state index contributed by atoms with van der Waals surface area (Å²) in [5.41, 5.74) is -0.296. The summed E-state index contributed by atoms with van der Waals surface area (Å²) in [5, 5.41) is 2.85. The summed E-state index contributed by atoms with van der Waals surface area (Å²) in [6.07, 6.45) is 1.14. The Morgan fingerprint density at radius 2 is 1.62 bits per heavy atom. The van der Waals surface area contributed by atoms with Crippen molar-refractivity contribution in [2.24, 2.45) is 5.41 Å². The molecule has 26 heavy (non-hydrogen) atoms. The van der Waals surface area contributed by atoms with Crippen molar-refractivity contribution in [3.05, 3.63) is 24.3 Å². The highest BCUT2D eigenvalue weighted by molar-refractivity contribution is 6.13. The van der Waals surface area contributed by atoms with Crippen molar-refractivity contribution in [3.8, 4) is 5.75 Å². The van der Waals surface area contributed by atoms with Crippen LogP contribution in [0.2, 0.25) is 0 Å². The zero-order valence-electron chi connectivity index (χ0n) is 15.3. The first kappa shape index (κ1) is 18.2. The quantitative estimate of drug-likeness (QED) is 0.808. The molecule has 1 aromatic rings. The minimum absolute atomic E-state index is 0.0199. The number of anilines is 1. The molecule has 1 aliphatic heterocycles. The van der Waals surface area contributed by atoms with Crippen LogP contribution in [0.5, 0.6) is 5.75 Å². The van der Waals surface area contributed by atoms with E-state index in [1.165, 1.54) is 6.92 Å². The van der Waals surface area contributed by atoms with Crippen LogP contribution >= 0.6 is 0 Å². The molecule has 1 aliphatic carbocycles. The highest BCUT2D eigenvalue weighted by Crippen LogP contribution is 2.48. The first-order valence-corrected chi connectivity index (χ1v) is 9.05. The second kappa shape index (κ2) is 7.35. The fraction of sp³-hybridized carbons (Fsp3) is 0.526. The molecule has 7 heteroatoms. The summed E-state index contributed by atoms with van der Waals surface area (Å²) in [7, 11) is 0. The Morgan fingerprint density at radius 1 is 1.04 bits per heavy atom. The van der Waals surface area contributed by atoms with Crippen LogP contribution in [0.1, 0.15) is 26.7 Å². The molecule has 1 saturated carbocycles. The number of nitrogens with one attached hydrogen (secondary N) is 1. The molecule has 3 amide bonds. The van der Waals surface area contributed by atoms with Gasteiger partial charge < -0.3 is 19.9 Å². The van der Waals surface area contributed by atoms with E-state index in [0.717, 1.165) is 5.75 Å². The lowest BCUT2D eigenvalue weighted by Crippen LogP contribution is -2.53. The number of carbonyl (C=O) groups is 3. The number of amides is 3. The highest BCUT2D eigenvalue weighted by Gasteiger charge is 2.58. The number of piperazine rings is 1. The lowest BCUT2D eigenvalue weighted by molar-refractivity contribution is -0.146. The molecule has 2 aliphatic rings. The largest absolute Gasteiger partial charge is 0.494 e. The maximum Gasteiger partial charge on any atom is 0.240 e. The lowest BCUT2D eigenvalue weighted by Gasteiger charge is -2.35. The van der Waals surface area contributed by atoms with Crippen LogP contribution in [0.4, 0.5) is 5.69 Å². The third-order valence-corrected chi connectivity index (χ3v) is 5.03. The van der Waals surface area contributed by atoms with Crippen molar-refractivity contribution in [1.29, 1.82) is 0 Å². The Balaban J connectivity index is 1.60. The van der Waals surface area contributed by atoms with Gasteiger partial charge in [-0.3, -0.25) is 14.4 Å². The fourth-order valence-corrected chi connectivity index (χ4v) is 3.24. The minimum atomic E-state index is -0.947. The van der Waals surface area contributed by atoms with E-state index in [4.69, 9.17) is 4.74 Å². The molecule has 0 radical (unpaired) electrons. The number of benzene rings is 1. The normalized spacial score (nSPS) is 18.2. The van der Waals surface area contributed by atoms with E-state index in [9.17, 15) is 14.4 Å². The van der Waals surface area contributed by atoms with Crippen LogP contribution in [-0.4, -0.2) is 60.3 Å². The predicted molar refractivity (Wildman–Crippen MR) is 96.7 cm³/mol. The van der Waals surface area contributed by atoms with Crippen molar-refractivity contribution in [3.63, 3.8) is 0 Å². The van der Waals surface area contributed by atoms with Crippen molar-refractivity contribution in [1.82, 2.24) is 9.80 Å². The third kappa shape index (κ3) is 3.66. The second-order valence-corrected chi connectivity index (χ2v) is 6.79. The molecule has 7 nitrogen and oxygen atoms in total. The third-order valence-electron chi connectivity index (χ3n) is 5.03. The van der Waals surface area contributed by atoms with Gasteiger partial charge >= 0.3 is 0 Å². The minimum Gasteiger partial charge on any atom is -0.494 e. The van der Waals surface area contributed by atoms with E-state index in [2.05, 4.69) is 5.32 Å². The van der Waals surface area contributed by atoms with Crippen molar-refractivity contribution < 1.29 is 19.1 Å². The molecule has 0 aromatic heterocycles. The molecular formula is C19H25N3O4. The number of ether oxygens (including phenoxy) is 1. The Labute approximate surface area is 153 Å². The van der Waals surface area contributed by atoms with Crippen LogP contribution in [0.3, 0.4) is 0 Å². The van der Waals surface area contributed by atoms with E-state index < -0.39 is 5.41 Å². The van der Waals surface area contributed by atoms with Gasteiger partial charge in [0.2, 0.25) is 17.7 Å². The predicted octanol–water partition coefficient (Wildman–Crippen LogP) is 1.49. The molecule has 1 saturated heterocycles. The number of carbonyl (C=O) groups excluding carboxylic acids is 3. The zero-order valence-corrected chi connectivity index (χ0v) is 15.3. The maximum absolute atomic E-state index is 12.9. The van der Waals surface area contributed by atoms with E-state index in [0.29, 0.717) is 51.3 Å². The van der Waals surface area contributed by atoms with Crippen LogP contribution < -0.4 is 10.1 Å². The molecule has 140 valence electrons. The van der Waals surface area contributed by atoms with Gasteiger partial charge in [-0.2, -0.15) is 0 Å². The summed E-state index contributed by atoms with van der Waals surface area (Å²) in [5.74, 6) is 0.391. The average Bonchev–Trinajstić information content (AvgIpc) is 3.45. The molecule has 0 atom stereocenters. The number of hydrogen-bond donors (Lipinski definition) is 1. The first-order chi connectivity index (χ1) is 12.5. The molecule has 2 fully saturated rings. The highest BCUT2D eigenvalue weighted by atomic mass is 16.5. The zero-order chi connectivity index (χ0) is 18.7. The van der Waals surface area contributed by atoms with E-state index in [-0.39, 0.29) is 17.7 Å². The van der Waals surface area contributed by atoms with Crippen LogP contribution in [-0.2, 0) is 14.4 Å². The molecule has 0 spiro atoms. The smallest absolute Gasteiger partial charge is 0.240 e. The molecule has 0 unspecified atom stereocenters. The Bertz CT molecular complexity index is 689. The lowest BCUT2D eigenvalue weighted by atomic mass is 10.0. The van der Waals surface area contributed by atoms with Gasteiger partial charge in [0.05, 0.1) is 6.61 Å². The number of rotatable bonds is 5. The first-order valence-electron chi connectivity index (χ1n) is 9.05. The van der Waals surface area contributed by atoms with Gasteiger partial charge in [0.1, 0.15) is 11.2 Å². The molecule has 3 rings (SSSR count). The van der Waals surface area contributed by atoms with Crippen molar-refractivity contribution >= 4 is 23.4 Å². The topological polar surface area (TPSA) is 79.0 Å². The average molecular weight is 359 g/mol. The SMILES string of the molecule is CCOc1ccc(NC(=O)C2(C(=O)N3CCN(C(C)=O)CC3)CC2)cc1. The van der Waals surface area contributed by atoms with Gasteiger partial charge in [-0.15, -0.1) is 0 Å². The number of nitrogens with zero attached hydrogens (tertiary/aromatic N) is 2. The van der Waals surface area contributed by atoms with Gasteiger partial charge in [-0.25, -0.2) is 0 Å². The Kier molecular flexibility index (Phi) is 5.15. The maximum atomic E-state index is 12.9. The summed E-state index contributed by atoms with van der Waals surface area (Å²) in [6, 6.07) is 7.13. The Morgan fingerprint density at radius 3 is 2.12 bits per heavy atom. The van der Waals surface area contributed by atoms with Gasteiger partial charge in [0, 0.05) is 38.8 Å². The van der Waals surface area contributed by atoms with E-state index >= 15 is 0 Å². The van der Waals surface area contributed by atoms with Gasteiger partial charge in [-0.05, 0) is 44.0 Å². The second-order valence-electron chi connectivity index (χ2n) is 6.79. The van der Waals surface area contributed by atoms with Crippen LogP contribution in [0.25, 0.3) is 0 Å². The summed E-state index contributed by atoms with van der Waals surface area (Å²) < 4.78 is 5.39. The molecule has 1 aromatic carbocycles. The summed E-state index contributed by atoms with van der Waals surface area (Å²) in [6.45, 7) is 6.04. The van der Waals surface area contributed by atoms with E-state index in [1.807, 2.05) is 6.92 Å². The van der Waals surface area contributed by atoms with Crippen molar-refractivity contribution in [2.75, 3.05) is 38.1 Å². The number of hydrogen-bond acceptors (Lipinski definition) is 4. The van der Waals surface area contributed by atoms with Gasteiger partial charge in [0.25, 0.3) is 0 Å². The van der Waals surface area contributed by atoms with Crippen LogP contribution in [0, 0.1) is 5.41 Å². The molecule has 1 N–H and O–H groups in total. The van der Waals surface area contributed by atoms with Crippen molar-refractivity contribution in [2.45, 2.75) is 26.7 Å². The summed E-state index contributed by atoms with van der Waals surface area (Å²) >= 11 is 0. The van der Waals surface area contributed by atoms with Crippen LogP contribution in [0.15, 0.2) is 24.3 Å². The fourth-order valence-electron chi connectivity index (χ4n) is 3.24. The van der Waals surface area contributed by atoms with Gasteiger partial charge in [-0.1, -0.05) is 0 Å².